The fraction of sp³-hybridized carbons (Fsp3) is 0.280. The number of hydrogen-bond acceptors (Lipinski definition) is 7. The van der Waals surface area contributed by atoms with Crippen molar-refractivity contribution in [2.75, 3.05) is 37.4 Å². The molecule has 2 aromatic heterocycles. The highest BCUT2D eigenvalue weighted by Gasteiger charge is 2.29. The number of fused-ring (bicyclic) bond motifs is 1. The summed E-state index contributed by atoms with van der Waals surface area (Å²) in [5.41, 5.74) is 2.62. The lowest BCUT2D eigenvalue weighted by molar-refractivity contribution is -0.384. The van der Waals surface area contributed by atoms with Gasteiger partial charge in [0.25, 0.3) is 5.69 Å². The Hall–Kier alpha value is -3.76. The molecule has 0 spiro atoms. The van der Waals surface area contributed by atoms with Crippen molar-refractivity contribution in [2.45, 2.75) is 12.5 Å². The van der Waals surface area contributed by atoms with Gasteiger partial charge in [-0.05, 0) is 38.7 Å². The normalized spacial score (nSPS) is 15.7. The third-order valence-electron chi connectivity index (χ3n) is 6.61. The van der Waals surface area contributed by atoms with E-state index in [9.17, 15) is 14.5 Å². The van der Waals surface area contributed by atoms with E-state index in [1.165, 1.54) is 18.3 Å². The van der Waals surface area contributed by atoms with Crippen LogP contribution in [0.5, 0.6) is 0 Å². The van der Waals surface area contributed by atoms with E-state index >= 15 is 0 Å². The summed E-state index contributed by atoms with van der Waals surface area (Å²) >= 11 is 6.42. The Labute approximate surface area is 212 Å². The second kappa shape index (κ2) is 9.36. The van der Waals surface area contributed by atoms with Crippen LogP contribution in [0.2, 0.25) is 5.02 Å². The Kier molecular flexibility index (Phi) is 6.23. The molecule has 1 fully saturated rings. The molecule has 1 N–H and O–H groups in total. The number of para-hydroxylation sites is 1. The number of hydrogen-bond donors (Lipinski definition) is 1. The predicted molar refractivity (Wildman–Crippen MR) is 140 cm³/mol. The number of aromatic nitrogens is 3. The van der Waals surface area contributed by atoms with E-state index < -0.39 is 0 Å². The lowest BCUT2D eigenvalue weighted by Crippen LogP contribution is -2.31. The Bertz CT molecular complexity index is 1470. The fourth-order valence-electron chi connectivity index (χ4n) is 4.75. The standard InChI is InChI=1S/C25H25ClFN7O2/c1-31(2)16-9-10-33(13-16)21-8-7-15(11-22(21)34(35)36)29-25-28-12-19(26)23(30-25)18-14-32(3)24-17(18)5-4-6-20(24)27/h4-8,11-12,14,16H,9-10,13H2,1-3H3,(H,28,29,30)/t16-/m1/s1. The molecule has 1 aliphatic rings. The fourth-order valence-corrected chi connectivity index (χ4v) is 4.94. The van der Waals surface area contributed by atoms with Crippen molar-refractivity contribution in [1.82, 2.24) is 19.4 Å². The summed E-state index contributed by atoms with van der Waals surface area (Å²) in [7, 11) is 5.79. The summed E-state index contributed by atoms with van der Waals surface area (Å²) in [5, 5.41) is 15.9. The molecule has 0 bridgehead atoms. The molecule has 186 valence electrons. The molecule has 0 unspecified atom stereocenters. The Morgan fingerprint density at radius 3 is 2.81 bits per heavy atom. The van der Waals surface area contributed by atoms with Gasteiger partial charge in [-0.3, -0.25) is 10.1 Å². The Morgan fingerprint density at radius 1 is 1.28 bits per heavy atom. The van der Waals surface area contributed by atoms with Gasteiger partial charge in [0.1, 0.15) is 11.5 Å². The van der Waals surface area contributed by atoms with E-state index in [2.05, 4.69) is 20.2 Å². The number of likely N-dealkylation sites (N-methyl/N-ethyl adjacent to an activating group) is 1. The minimum atomic E-state index is -0.373. The first kappa shape index (κ1) is 24.0. The molecule has 1 atom stereocenters. The smallest absolute Gasteiger partial charge is 0.294 e. The number of halogens is 2. The molecule has 5 rings (SSSR count). The number of anilines is 3. The summed E-state index contributed by atoms with van der Waals surface area (Å²) in [6, 6.07) is 10.2. The summed E-state index contributed by atoms with van der Waals surface area (Å²) in [5.74, 6) is -0.120. The van der Waals surface area contributed by atoms with Crippen LogP contribution in [0.25, 0.3) is 22.2 Å². The third-order valence-corrected chi connectivity index (χ3v) is 6.89. The molecule has 2 aromatic carbocycles. The third kappa shape index (κ3) is 4.33. The number of nitro benzene ring substituents is 1. The molecule has 4 aromatic rings. The molecule has 3 heterocycles. The van der Waals surface area contributed by atoms with E-state index in [1.54, 1.807) is 42.1 Å². The van der Waals surface area contributed by atoms with E-state index in [4.69, 9.17) is 11.6 Å². The first-order valence-electron chi connectivity index (χ1n) is 11.5. The van der Waals surface area contributed by atoms with Crippen molar-refractivity contribution in [3.63, 3.8) is 0 Å². The highest BCUT2D eigenvalue weighted by atomic mass is 35.5. The molecule has 9 nitrogen and oxygen atoms in total. The molecule has 1 saturated heterocycles. The maximum absolute atomic E-state index is 14.4. The van der Waals surface area contributed by atoms with Gasteiger partial charge in [0, 0.05) is 55.1 Å². The first-order chi connectivity index (χ1) is 17.2. The Morgan fingerprint density at radius 2 is 2.08 bits per heavy atom. The maximum Gasteiger partial charge on any atom is 0.294 e. The molecule has 0 saturated carbocycles. The molecule has 36 heavy (non-hydrogen) atoms. The minimum absolute atomic E-state index is 0.0121. The average molecular weight is 510 g/mol. The highest BCUT2D eigenvalue weighted by molar-refractivity contribution is 6.33. The van der Waals surface area contributed by atoms with Gasteiger partial charge < -0.3 is 19.7 Å². The van der Waals surface area contributed by atoms with Gasteiger partial charge in [-0.2, -0.15) is 0 Å². The lowest BCUT2D eigenvalue weighted by atomic mass is 10.1. The molecular formula is C25H25ClFN7O2. The number of rotatable bonds is 6. The van der Waals surface area contributed by atoms with Gasteiger partial charge in [0.2, 0.25) is 5.95 Å². The number of benzene rings is 2. The van der Waals surface area contributed by atoms with Crippen LogP contribution < -0.4 is 10.2 Å². The summed E-state index contributed by atoms with van der Waals surface area (Å²) in [6.45, 7) is 1.49. The topological polar surface area (TPSA) is 92.4 Å². The quantitative estimate of drug-likeness (QED) is 0.281. The molecular weight excluding hydrogens is 485 g/mol. The SMILES string of the molecule is CN(C)[C@@H]1CCN(c2ccc(Nc3ncc(Cl)c(-c4cn(C)c5c(F)cccc45)n3)cc2[N+](=O)[O-])C1. The van der Waals surface area contributed by atoms with Crippen LogP contribution in [0, 0.1) is 15.9 Å². The van der Waals surface area contributed by atoms with Crippen molar-refractivity contribution in [3.8, 4) is 11.3 Å². The largest absolute Gasteiger partial charge is 0.364 e. The molecule has 0 radical (unpaired) electrons. The van der Waals surface area contributed by atoms with Crippen LogP contribution in [-0.2, 0) is 7.05 Å². The first-order valence-corrected chi connectivity index (χ1v) is 11.8. The predicted octanol–water partition coefficient (Wildman–Crippen LogP) is 5.22. The molecule has 1 aliphatic heterocycles. The van der Waals surface area contributed by atoms with Gasteiger partial charge in [-0.15, -0.1) is 0 Å². The van der Waals surface area contributed by atoms with Crippen molar-refractivity contribution in [3.05, 3.63) is 69.7 Å². The summed E-state index contributed by atoms with van der Waals surface area (Å²) < 4.78 is 16.1. The summed E-state index contributed by atoms with van der Waals surface area (Å²) in [4.78, 5) is 24.5. The summed E-state index contributed by atoms with van der Waals surface area (Å²) in [6.07, 6.45) is 4.17. The number of nitrogens with one attached hydrogen (secondary N) is 1. The maximum atomic E-state index is 14.4. The molecule has 0 amide bonds. The van der Waals surface area contributed by atoms with E-state index in [0.29, 0.717) is 44.6 Å². The highest BCUT2D eigenvalue weighted by Crippen LogP contribution is 2.36. The van der Waals surface area contributed by atoms with E-state index in [-0.39, 0.29) is 22.4 Å². The number of nitrogens with zero attached hydrogens (tertiary/aromatic N) is 6. The number of aryl methyl sites for hydroxylation is 1. The van der Waals surface area contributed by atoms with Crippen LogP contribution in [0.4, 0.5) is 27.4 Å². The van der Waals surface area contributed by atoms with Gasteiger partial charge >= 0.3 is 0 Å². The van der Waals surface area contributed by atoms with Crippen LogP contribution in [0.15, 0.2) is 48.8 Å². The van der Waals surface area contributed by atoms with Crippen molar-refractivity contribution >= 4 is 45.5 Å². The Balaban J connectivity index is 1.47. The van der Waals surface area contributed by atoms with Gasteiger partial charge in [0.15, 0.2) is 0 Å². The van der Waals surface area contributed by atoms with Crippen molar-refractivity contribution in [1.29, 1.82) is 0 Å². The second-order valence-electron chi connectivity index (χ2n) is 9.12. The van der Waals surface area contributed by atoms with Crippen LogP contribution in [0.1, 0.15) is 6.42 Å². The average Bonchev–Trinajstić information content (AvgIpc) is 3.46. The van der Waals surface area contributed by atoms with Crippen LogP contribution >= 0.6 is 11.6 Å². The zero-order chi connectivity index (χ0) is 25.6. The van der Waals surface area contributed by atoms with Crippen molar-refractivity contribution in [2.24, 2.45) is 7.05 Å². The van der Waals surface area contributed by atoms with Gasteiger partial charge in [0.05, 0.1) is 27.4 Å². The van der Waals surface area contributed by atoms with Gasteiger partial charge in [-0.1, -0.05) is 23.7 Å². The molecule has 11 heteroatoms. The lowest BCUT2D eigenvalue weighted by Gasteiger charge is -2.22. The number of nitro groups is 1. The second-order valence-corrected chi connectivity index (χ2v) is 9.52. The van der Waals surface area contributed by atoms with Gasteiger partial charge in [-0.25, -0.2) is 14.4 Å². The molecule has 0 aliphatic carbocycles. The van der Waals surface area contributed by atoms with Crippen LogP contribution in [0.3, 0.4) is 0 Å². The van der Waals surface area contributed by atoms with E-state index in [0.717, 1.165) is 19.5 Å². The monoisotopic (exact) mass is 509 g/mol. The zero-order valence-electron chi connectivity index (χ0n) is 20.1. The van der Waals surface area contributed by atoms with Crippen LogP contribution in [-0.4, -0.2) is 57.6 Å². The van der Waals surface area contributed by atoms with E-state index in [1.807, 2.05) is 19.0 Å². The van der Waals surface area contributed by atoms with Crippen molar-refractivity contribution < 1.29 is 9.31 Å². The minimum Gasteiger partial charge on any atom is -0.364 e. The zero-order valence-corrected chi connectivity index (χ0v) is 20.8.